The van der Waals surface area contributed by atoms with Crippen LogP contribution in [-0.4, -0.2) is 82.7 Å². The molecule has 8 heteroatoms. The molecule has 1 unspecified atom stereocenters. The minimum absolute atomic E-state index is 0.0938. The molecule has 0 aromatic heterocycles. The van der Waals surface area contributed by atoms with E-state index in [1.54, 1.807) is 9.80 Å². The number of carbonyl (C=O) groups excluding carboxylic acids is 3. The van der Waals surface area contributed by atoms with Crippen molar-refractivity contribution >= 4 is 23.4 Å². The van der Waals surface area contributed by atoms with Crippen LogP contribution in [0.15, 0.2) is 54.6 Å². The molecule has 1 spiro atoms. The molecular weight excluding hydrogens is 506 g/mol. The molecule has 0 radical (unpaired) electrons. The average molecular weight is 550 g/mol. The highest BCUT2D eigenvalue weighted by Crippen LogP contribution is 2.58. The maximum Gasteiger partial charge on any atom is 0.249 e. The molecule has 1 aromatic rings. The highest BCUT2D eigenvalue weighted by atomic mass is 16.5. The number of para-hydroxylation sites is 1. The van der Waals surface area contributed by atoms with Gasteiger partial charge in [-0.3, -0.25) is 14.4 Å². The van der Waals surface area contributed by atoms with Gasteiger partial charge in [0.1, 0.15) is 11.6 Å². The molecule has 4 aliphatic heterocycles. The molecular formula is C32H43N3O5. The first-order valence-corrected chi connectivity index (χ1v) is 15.1. The lowest BCUT2D eigenvalue weighted by molar-refractivity contribution is -0.152. The van der Waals surface area contributed by atoms with Gasteiger partial charge in [0.2, 0.25) is 17.7 Å². The molecule has 2 fully saturated rings. The van der Waals surface area contributed by atoms with Crippen molar-refractivity contribution in [3.8, 4) is 0 Å². The van der Waals surface area contributed by atoms with E-state index >= 15 is 0 Å². The number of ether oxygens (including phenoxy) is 1. The molecule has 5 rings (SSSR count). The second-order valence-electron chi connectivity index (χ2n) is 11.5. The molecule has 0 aliphatic carbocycles. The van der Waals surface area contributed by atoms with E-state index in [2.05, 4.69) is 6.92 Å². The van der Waals surface area contributed by atoms with Crippen molar-refractivity contribution in [2.45, 2.75) is 76.0 Å². The normalized spacial score (nSPS) is 31.3. The van der Waals surface area contributed by atoms with Crippen molar-refractivity contribution in [1.29, 1.82) is 0 Å². The molecule has 4 heterocycles. The number of likely N-dealkylation sites (tertiary alicyclic amines) is 1. The molecule has 4 aliphatic rings. The number of fused-ring (bicyclic) bond motifs is 2. The fourth-order valence-corrected chi connectivity index (χ4v) is 7.18. The summed E-state index contributed by atoms with van der Waals surface area (Å²) < 4.78 is 7.04. The fraction of sp³-hybridized carbons (Fsp3) is 0.594. The maximum atomic E-state index is 14.5. The number of aliphatic hydroxyl groups is 1. The number of nitrogens with zero attached hydrogens (tertiary/aromatic N) is 3. The number of hydrogen-bond donors (Lipinski definition) is 1. The number of aliphatic hydroxyl groups excluding tert-OH is 1. The highest BCUT2D eigenvalue weighted by molar-refractivity contribution is 6.04. The van der Waals surface area contributed by atoms with Crippen LogP contribution >= 0.6 is 0 Å². The quantitative estimate of drug-likeness (QED) is 0.336. The van der Waals surface area contributed by atoms with E-state index in [0.717, 1.165) is 44.2 Å². The molecule has 1 N–H and O–H groups in total. The van der Waals surface area contributed by atoms with Gasteiger partial charge in [-0.05, 0) is 37.8 Å². The standard InChI is InChI=1S/C32H43N3O5/c1-3-5-19-33-20-14-18-32-26(29(38)35(27(32)30(33)39)21-11-6-7-12-23-36)25-28(37)34(24-15-9-8-10-16-24)22-13-17-31(25,4-2)40-32/h8-10,13-18,25-27,36H,3-7,11-12,19-23H2,1-2H3/t25-,26+,27?,31+,32+/m1/s1. The number of benzene rings is 1. The second kappa shape index (κ2) is 11.9. The van der Waals surface area contributed by atoms with Gasteiger partial charge in [-0.25, -0.2) is 0 Å². The lowest BCUT2D eigenvalue weighted by Gasteiger charge is -2.38. The third-order valence-electron chi connectivity index (χ3n) is 9.18. The summed E-state index contributed by atoms with van der Waals surface area (Å²) in [6.07, 6.45) is 13.4. The van der Waals surface area contributed by atoms with Crippen LogP contribution in [0.1, 0.15) is 58.8 Å². The van der Waals surface area contributed by atoms with Crippen LogP contribution in [0.25, 0.3) is 0 Å². The summed E-state index contributed by atoms with van der Waals surface area (Å²) in [7, 11) is 0. The minimum Gasteiger partial charge on any atom is -0.396 e. The van der Waals surface area contributed by atoms with E-state index in [1.165, 1.54) is 0 Å². The minimum atomic E-state index is -1.21. The van der Waals surface area contributed by atoms with E-state index < -0.39 is 29.1 Å². The van der Waals surface area contributed by atoms with Gasteiger partial charge in [-0.1, -0.05) is 75.6 Å². The summed E-state index contributed by atoms with van der Waals surface area (Å²) in [5.74, 6) is -1.93. The molecule has 40 heavy (non-hydrogen) atoms. The predicted molar refractivity (Wildman–Crippen MR) is 153 cm³/mol. The number of hydrogen-bond acceptors (Lipinski definition) is 5. The van der Waals surface area contributed by atoms with Gasteiger partial charge in [-0.2, -0.15) is 0 Å². The third kappa shape index (κ3) is 4.69. The zero-order chi connectivity index (χ0) is 28.3. The van der Waals surface area contributed by atoms with E-state index in [0.29, 0.717) is 32.6 Å². The van der Waals surface area contributed by atoms with Crippen LogP contribution in [0.3, 0.4) is 0 Å². The van der Waals surface area contributed by atoms with E-state index in [9.17, 15) is 19.5 Å². The number of unbranched alkanes of at least 4 members (excludes halogenated alkanes) is 4. The molecule has 5 atom stereocenters. The van der Waals surface area contributed by atoms with Gasteiger partial charge < -0.3 is 24.5 Å². The van der Waals surface area contributed by atoms with Crippen molar-refractivity contribution < 1.29 is 24.2 Å². The van der Waals surface area contributed by atoms with Crippen molar-refractivity contribution in [3.05, 3.63) is 54.6 Å². The molecule has 1 aromatic carbocycles. The Bertz CT molecular complexity index is 1150. The zero-order valence-electron chi connectivity index (χ0n) is 23.8. The summed E-state index contributed by atoms with van der Waals surface area (Å²) in [4.78, 5) is 48.5. The Hall–Kier alpha value is -2.97. The largest absolute Gasteiger partial charge is 0.396 e. The van der Waals surface area contributed by atoms with Crippen molar-refractivity contribution in [1.82, 2.24) is 9.80 Å². The summed E-state index contributed by atoms with van der Waals surface area (Å²) in [5, 5.41) is 9.18. The Morgan fingerprint density at radius 1 is 0.850 bits per heavy atom. The first kappa shape index (κ1) is 28.6. The van der Waals surface area contributed by atoms with E-state index in [4.69, 9.17) is 4.74 Å². The molecule has 216 valence electrons. The summed E-state index contributed by atoms with van der Waals surface area (Å²) in [6.45, 7) is 6.16. The van der Waals surface area contributed by atoms with Crippen LogP contribution in [0.2, 0.25) is 0 Å². The molecule has 0 saturated carbocycles. The number of amides is 3. The Balaban J connectivity index is 1.57. The fourth-order valence-electron chi connectivity index (χ4n) is 7.18. The lowest BCUT2D eigenvalue weighted by atomic mass is 9.73. The van der Waals surface area contributed by atoms with Crippen LogP contribution in [0.4, 0.5) is 5.69 Å². The number of rotatable bonds is 11. The van der Waals surface area contributed by atoms with Gasteiger partial charge in [0, 0.05) is 38.5 Å². The third-order valence-corrected chi connectivity index (χ3v) is 9.18. The van der Waals surface area contributed by atoms with Crippen LogP contribution < -0.4 is 4.90 Å². The van der Waals surface area contributed by atoms with Gasteiger partial charge in [0.15, 0.2) is 0 Å². The summed E-state index contributed by atoms with van der Waals surface area (Å²) in [5.41, 5.74) is -1.40. The Morgan fingerprint density at radius 2 is 1.60 bits per heavy atom. The second-order valence-corrected chi connectivity index (χ2v) is 11.5. The van der Waals surface area contributed by atoms with Crippen LogP contribution in [0, 0.1) is 11.8 Å². The number of carbonyl (C=O) groups is 3. The summed E-state index contributed by atoms with van der Waals surface area (Å²) in [6, 6.07) is 8.75. The maximum absolute atomic E-state index is 14.5. The summed E-state index contributed by atoms with van der Waals surface area (Å²) >= 11 is 0. The SMILES string of the molecule is CCCCN1CC=C[C@]23O[C@@]4(CC)C=CCN(c5ccccc5)C(=O)[C@H]4[C@H]2C(=O)N(CCCCCCO)C3C1=O. The first-order valence-electron chi connectivity index (χ1n) is 15.1. The predicted octanol–water partition coefficient (Wildman–Crippen LogP) is 3.70. The van der Waals surface area contributed by atoms with E-state index in [1.807, 2.05) is 66.5 Å². The molecule has 2 saturated heterocycles. The monoisotopic (exact) mass is 549 g/mol. The Kier molecular flexibility index (Phi) is 8.47. The highest BCUT2D eigenvalue weighted by Gasteiger charge is 2.75. The van der Waals surface area contributed by atoms with Crippen molar-refractivity contribution in [3.63, 3.8) is 0 Å². The molecule has 3 amide bonds. The van der Waals surface area contributed by atoms with E-state index in [-0.39, 0.29) is 24.3 Å². The first-order chi connectivity index (χ1) is 19.4. The van der Waals surface area contributed by atoms with Crippen molar-refractivity contribution in [2.75, 3.05) is 37.7 Å². The topological polar surface area (TPSA) is 90.4 Å². The molecule has 0 bridgehead atoms. The zero-order valence-corrected chi connectivity index (χ0v) is 23.8. The van der Waals surface area contributed by atoms with Crippen LogP contribution in [-0.2, 0) is 19.1 Å². The molecule has 8 nitrogen and oxygen atoms in total. The number of anilines is 1. The van der Waals surface area contributed by atoms with Gasteiger partial charge in [0.05, 0.1) is 17.4 Å². The van der Waals surface area contributed by atoms with Crippen LogP contribution in [0.5, 0.6) is 0 Å². The Morgan fingerprint density at radius 3 is 2.33 bits per heavy atom. The van der Waals surface area contributed by atoms with Crippen molar-refractivity contribution in [2.24, 2.45) is 11.8 Å². The lowest BCUT2D eigenvalue weighted by Crippen LogP contribution is -2.56. The smallest absolute Gasteiger partial charge is 0.249 e. The van der Waals surface area contributed by atoms with Gasteiger partial charge >= 0.3 is 0 Å². The van der Waals surface area contributed by atoms with Gasteiger partial charge in [0.25, 0.3) is 0 Å². The van der Waals surface area contributed by atoms with Gasteiger partial charge in [-0.15, -0.1) is 0 Å². The Labute approximate surface area is 237 Å². The average Bonchev–Trinajstić information content (AvgIpc) is 3.25.